The zero-order chi connectivity index (χ0) is 15.1. The van der Waals surface area contributed by atoms with Crippen molar-refractivity contribution in [2.45, 2.75) is 31.8 Å². The highest BCUT2D eigenvalue weighted by Crippen LogP contribution is 2.32. The maximum Gasteiger partial charge on any atom is 0.225 e. The normalized spacial score (nSPS) is 21.5. The van der Waals surface area contributed by atoms with Gasteiger partial charge in [-0.3, -0.25) is 9.59 Å². The number of amides is 2. The lowest BCUT2D eigenvalue weighted by Gasteiger charge is -2.15. The number of fused-ring (bicyclic) bond motifs is 1. The molecule has 0 radical (unpaired) electrons. The predicted molar refractivity (Wildman–Crippen MR) is 84.3 cm³/mol. The lowest BCUT2D eigenvalue weighted by Crippen LogP contribution is -2.33. The first-order valence-corrected chi connectivity index (χ1v) is 8.44. The SMILES string of the molecule is O=C(NCc1nc2ccccc2s1)[C@@H]1CC(=O)N(C2CC2)C1. The van der Waals surface area contributed by atoms with Crippen LogP contribution in [0.1, 0.15) is 24.3 Å². The molecule has 1 aromatic carbocycles. The van der Waals surface area contributed by atoms with Crippen molar-refractivity contribution in [2.75, 3.05) is 6.54 Å². The van der Waals surface area contributed by atoms with Crippen LogP contribution < -0.4 is 5.32 Å². The highest BCUT2D eigenvalue weighted by Gasteiger charge is 2.41. The minimum absolute atomic E-state index is 0.0317. The first kappa shape index (κ1) is 13.7. The van der Waals surface area contributed by atoms with Gasteiger partial charge in [0.15, 0.2) is 0 Å². The first-order valence-electron chi connectivity index (χ1n) is 7.62. The number of nitrogens with zero attached hydrogens (tertiary/aromatic N) is 2. The molecule has 2 fully saturated rings. The summed E-state index contributed by atoms with van der Waals surface area (Å²) in [6.45, 7) is 1.02. The molecule has 2 aliphatic rings. The molecule has 2 aromatic rings. The second-order valence-corrected chi connectivity index (χ2v) is 7.09. The number of carbonyl (C=O) groups excluding carboxylic acids is 2. The van der Waals surface area contributed by atoms with Gasteiger partial charge in [-0.2, -0.15) is 0 Å². The molecule has 0 bridgehead atoms. The summed E-state index contributed by atoms with van der Waals surface area (Å²) in [7, 11) is 0. The van der Waals surface area contributed by atoms with E-state index in [1.165, 1.54) is 0 Å². The molecule has 114 valence electrons. The van der Waals surface area contributed by atoms with Crippen molar-refractivity contribution in [3.05, 3.63) is 29.3 Å². The fourth-order valence-corrected chi connectivity index (χ4v) is 3.86. The summed E-state index contributed by atoms with van der Waals surface area (Å²) in [5.74, 6) is -0.110. The average molecular weight is 315 g/mol. The van der Waals surface area contributed by atoms with E-state index < -0.39 is 0 Å². The van der Waals surface area contributed by atoms with Crippen LogP contribution in [0.5, 0.6) is 0 Å². The van der Waals surface area contributed by atoms with Gasteiger partial charge in [0.2, 0.25) is 11.8 Å². The number of benzene rings is 1. The summed E-state index contributed by atoms with van der Waals surface area (Å²) in [5, 5.41) is 3.83. The molecule has 1 saturated heterocycles. The van der Waals surface area contributed by atoms with Gasteiger partial charge < -0.3 is 10.2 Å². The van der Waals surface area contributed by atoms with Crippen LogP contribution in [0.4, 0.5) is 0 Å². The Balaban J connectivity index is 1.37. The van der Waals surface area contributed by atoms with Gasteiger partial charge in [-0.15, -0.1) is 11.3 Å². The van der Waals surface area contributed by atoms with Crippen LogP contribution in [-0.2, 0) is 16.1 Å². The van der Waals surface area contributed by atoms with Crippen LogP contribution in [0.25, 0.3) is 10.2 Å². The maximum absolute atomic E-state index is 12.3. The molecule has 22 heavy (non-hydrogen) atoms. The molecule has 4 rings (SSSR count). The summed E-state index contributed by atoms with van der Waals surface area (Å²) in [6.07, 6.45) is 2.53. The Labute approximate surface area is 132 Å². The molecule has 5 nitrogen and oxygen atoms in total. The fraction of sp³-hybridized carbons (Fsp3) is 0.438. The molecule has 1 aromatic heterocycles. The largest absolute Gasteiger partial charge is 0.349 e. The topological polar surface area (TPSA) is 62.3 Å². The molecule has 1 atom stereocenters. The van der Waals surface area contributed by atoms with E-state index in [9.17, 15) is 9.59 Å². The van der Waals surface area contributed by atoms with Gasteiger partial charge in [0.25, 0.3) is 0 Å². The second kappa shape index (κ2) is 5.35. The number of nitrogens with one attached hydrogen (secondary N) is 1. The van der Waals surface area contributed by atoms with E-state index in [-0.39, 0.29) is 17.7 Å². The van der Waals surface area contributed by atoms with E-state index in [0.717, 1.165) is 28.1 Å². The third-order valence-corrected chi connectivity index (χ3v) is 5.31. The fourth-order valence-electron chi connectivity index (χ4n) is 2.95. The third kappa shape index (κ3) is 2.59. The molecule has 2 heterocycles. The van der Waals surface area contributed by atoms with Crippen LogP contribution >= 0.6 is 11.3 Å². The minimum atomic E-state index is -0.206. The number of aromatic nitrogens is 1. The van der Waals surface area contributed by atoms with Crippen molar-refractivity contribution >= 4 is 33.4 Å². The molecule has 6 heteroatoms. The van der Waals surface area contributed by atoms with Gasteiger partial charge in [-0.05, 0) is 25.0 Å². The molecule has 1 aliphatic carbocycles. The van der Waals surface area contributed by atoms with Gasteiger partial charge in [0.1, 0.15) is 5.01 Å². The molecular weight excluding hydrogens is 298 g/mol. The minimum Gasteiger partial charge on any atom is -0.349 e. The Morgan fingerprint density at radius 3 is 2.95 bits per heavy atom. The number of thiazole rings is 1. The van der Waals surface area contributed by atoms with Crippen molar-refractivity contribution in [1.29, 1.82) is 0 Å². The smallest absolute Gasteiger partial charge is 0.225 e. The molecule has 1 N–H and O–H groups in total. The maximum atomic E-state index is 12.3. The standard InChI is InChI=1S/C16H17N3O2S/c20-15-7-10(9-19(15)11-5-6-11)16(21)17-8-14-18-12-3-1-2-4-13(12)22-14/h1-4,10-11H,5-9H2,(H,17,21)/t10-/m1/s1. The molecule has 1 saturated carbocycles. The quantitative estimate of drug-likeness (QED) is 0.937. The first-order chi connectivity index (χ1) is 10.7. The van der Waals surface area contributed by atoms with Crippen LogP contribution in [0.2, 0.25) is 0 Å². The van der Waals surface area contributed by atoms with Gasteiger partial charge in [-0.1, -0.05) is 12.1 Å². The number of carbonyl (C=O) groups is 2. The van der Waals surface area contributed by atoms with Gasteiger partial charge in [0.05, 0.1) is 22.7 Å². The van der Waals surface area contributed by atoms with Crippen LogP contribution in [0.3, 0.4) is 0 Å². The van der Waals surface area contributed by atoms with E-state index in [4.69, 9.17) is 0 Å². The lowest BCUT2D eigenvalue weighted by atomic mass is 10.1. The summed E-state index contributed by atoms with van der Waals surface area (Å²) in [6, 6.07) is 8.34. The third-order valence-electron chi connectivity index (χ3n) is 4.27. The van der Waals surface area contributed by atoms with Crippen LogP contribution in [0, 0.1) is 5.92 Å². The highest BCUT2D eigenvalue weighted by molar-refractivity contribution is 7.18. The number of para-hydroxylation sites is 1. The van der Waals surface area contributed by atoms with Gasteiger partial charge in [-0.25, -0.2) is 4.98 Å². The zero-order valence-electron chi connectivity index (χ0n) is 12.1. The molecule has 1 aliphatic heterocycles. The van der Waals surface area contributed by atoms with Crippen molar-refractivity contribution in [3.63, 3.8) is 0 Å². The van der Waals surface area contributed by atoms with E-state index in [2.05, 4.69) is 10.3 Å². The van der Waals surface area contributed by atoms with E-state index >= 15 is 0 Å². The molecule has 0 unspecified atom stereocenters. The predicted octanol–water partition coefficient (Wildman–Crippen LogP) is 1.92. The van der Waals surface area contributed by atoms with Crippen LogP contribution in [0.15, 0.2) is 24.3 Å². The summed E-state index contributed by atoms with van der Waals surface area (Å²) >= 11 is 1.59. The zero-order valence-corrected chi connectivity index (χ0v) is 12.9. The lowest BCUT2D eigenvalue weighted by molar-refractivity contribution is -0.129. The number of likely N-dealkylation sites (tertiary alicyclic amines) is 1. The van der Waals surface area contributed by atoms with Gasteiger partial charge >= 0.3 is 0 Å². The Bertz CT molecular complexity index is 705. The monoisotopic (exact) mass is 315 g/mol. The van der Waals surface area contributed by atoms with Crippen molar-refractivity contribution in [3.8, 4) is 0 Å². The molecule has 0 spiro atoms. The van der Waals surface area contributed by atoms with Crippen molar-refractivity contribution in [2.24, 2.45) is 5.92 Å². The molecular formula is C16H17N3O2S. The van der Waals surface area contributed by atoms with E-state index in [1.807, 2.05) is 29.2 Å². The van der Waals surface area contributed by atoms with Crippen molar-refractivity contribution in [1.82, 2.24) is 15.2 Å². The Kier molecular flexibility index (Phi) is 3.33. The van der Waals surface area contributed by atoms with Crippen molar-refractivity contribution < 1.29 is 9.59 Å². The summed E-state index contributed by atoms with van der Waals surface area (Å²) in [5.41, 5.74) is 0.965. The number of rotatable bonds is 4. The molecule has 2 amide bonds. The Morgan fingerprint density at radius 1 is 1.36 bits per heavy atom. The summed E-state index contributed by atoms with van der Waals surface area (Å²) in [4.78, 5) is 30.5. The number of hydrogen-bond acceptors (Lipinski definition) is 4. The average Bonchev–Trinajstić information content (AvgIpc) is 3.15. The van der Waals surface area contributed by atoms with E-state index in [1.54, 1.807) is 11.3 Å². The van der Waals surface area contributed by atoms with Crippen LogP contribution in [-0.4, -0.2) is 34.3 Å². The Hall–Kier alpha value is -1.95. The number of hydrogen-bond donors (Lipinski definition) is 1. The Morgan fingerprint density at radius 2 is 2.18 bits per heavy atom. The van der Waals surface area contributed by atoms with E-state index in [0.29, 0.717) is 25.6 Å². The summed E-state index contributed by atoms with van der Waals surface area (Å²) < 4.78 is 1.13. The highest BCUT2D eigenvalue weighted by atomic mass is 32.1. The van der Waals surface area contributed by atoms with Gasteiger partial charge in [0, 0.05) is 19.0 Å². The second-order valence-electron chi connectivity index (χ2n) is 5.97.